The minimum Gasteiger partial charge on any atom is -0.462 e. The van der Waals surface area contributed by atoms with Gasteiger partial charge in [0.2, 0.25) is 0 Å². The van der Waals surface area contributed by atoms with E-state index in [-0.39, 0.29) is 53.3 Å². The van der Waals surface area contributed by atoms with Gasteiger partial charge >= 0.3 is 5.97 Å². The fourth-order valence-electron chi connectivity index (χ4n) is 12.5. The summed E-state index contributed by atoms with van der Waals surface area (Å²) in [5.74, 6) is -0.471. The number of fused-ring (bicyclic) bond motifs is 5. The van der Waals surface area contributed by atoms with Crippen molar-refractivity contribution in [1.29, 1.82) is 0 Å². The van der Waals surface area contributed by atoms with E-state index >= 15 is 0 Å². The van der Waals surface area contributed by atoms with Crippen molar-refractivity contribution in [3.63, 3.8) is 0 Å². The summed E-state index contributed by atoms with van der Waals surface area (Å²) in [5, 5.41) is 113. The van der Waals surface area contributed by atoms with Crippen molar-refractivity contribution in [2.45, 2.75) is 190 Å². The van der Waals surface area contributed by atoms with Crippen LogP contribution in [-0.4, -0.2) is 199 Å². The first-order chi connectivity index (χ1) is 30.8. The van der Waals surface area contributed by atoms with E-state index in [0.29, 0.717) is 25.7 Å². The fourth-order valence-corrected chi connectivity index (χ4v) is 12.5. The lowest BCUT2D eigenvalue weighted by molar-refractivity contribution is -0.372. The summed E-state index contributed by atoms with van der Waals surface area (Å²) in [7, 11) is 0. The van der Waals surface area contributed by atoms with Crippen molar-refractivity contribution < 1.29 is 98.9 Å². The van der Waals surface area contributed by atoms with E-state index in [4.69, 9.17) is 33.2 Å². The Kier molecular flexibility index (Phi) is 16.2. The number of carbonyl (C=O) groups excluding carboxylic acids is 2. The molecule has 7 rings (SSSR count). The van der Waals surface area contributed by atoms with Gasteiger partial charge in [-0.15, -0.1) is 0 Å². The van der Waals surface area contributed by atoms with Crippen LogP contribution in [0.2, 0.25) is 0 Å². The van der Waals surface area contributed by atoms with E-state index < -0.39 is 136 Å². The maximum atomic E-state index is 13.4. The summed E-state index contributed by atoms with van der Waals surface area (Å²) < 4.78 is 41.1. The lowest BCUT2D eigenvalue weighted by Crippen LogP contribution is -2.65. The summed E-state index contributed by atoms with van der Waals surface area (Å²) in [5.41, 5.74) is 0.616. The minimum absolute atomic E-state index is 0.0108. The average Bonchev–Trinajstić information content (AvgIpc) is 3.58. The lowest BCUT2D eigenvalue weighted by atomic mass is 9.47. The van der Waals surface area contributed by atoms with Crippen molar-refractivity contribution in [3.8, 4) is 0 Å². The average molecular weight is 933 g/mol. The third-order valence-corrected chi connectivity index (χ3v) is 16.3. The third kappa shape index (κ3) is 9.86. The van der Waals surface area contributed by atoms with Crippen LogP contribution in [0.25, 0.3) is 0 Å². The van der Waals surface area contributed by atoms with Crippen molar-refractivity contribution in [1.82, 2.24) is 0 Å². The molecule has 0 spiro atoms. The second-order valence-electron chi connectivity index (χ2n) is 20.3. The maximum Gasteiger partial charge on any atom is 0.306 e. The summed E-state index contributed by atoms with van der Waals surface area (Å²) >= 11 is 0. The smallest absolute Gasteiger partial charge is 0.306 e. The molecule has 6 fully saturated rings. The molecule has 3 aliphatic heterocycles. The largest absolute Gasteiger partial charge is 0.462 e. The number of aliphatic hydroxyl groups excluding tert-OH is 11. The molecule has 7 aliphatic rings. The summed E-state index contributed by atoms with van der Waals surface area (Å²) in [6.45, 7) is 6.00. The molecule has 0 aromatic rings. The number of Topliss-reactive ketones (excluding diaryl/α,β-unsaturated/α-hetero) is 1. The quantitative estimate of drug-likeness (QED) is 0.0620. The summed E-state index contributed by atoms with van der Waals surface area (Å²) in [6.07, 6.45) is -15.9. The van der Waals surface area contributed by atoms with Crippen LogP contribution in [0.5, 0.6) is 0 Å². The number of hydrogen-bond donors (Lipinski definition) is 11. The highest BCUT2D eigenvalue weighted by molar-refractivity contribution is 5.81. The lowest BCUT2D eigenvalue weighted by Gasteiger charge is -2.58. The van der Waals surface area contributed by atoms with E-state index in [1.54, 1.807) is 6.92 Å². The SMILES string of the molecule is CC(=O)[C@H]1[C@@H](OC(=O)CC[C@@H](C)CO[C@@H]2O[C@H](CO)[C@@H](O)[C@H](O)[C@H]2O)C[C@H]2C3CC=C4C[C@@H](O[C@@H]5O[C@H](CO)[C@@H](O)[C@H](O)[C@H]5O[C@@H]5O[C@H](CO)[C@@H](O)[C@H](O)[C@H]5O)CC[C@]4(C)C3CC[C@@]21C. The summed E-state index contributed by atoms with van der Waals surface area (Å²) in [6, 6.07) is 0. The number of allylic oxidation sites excluding steroid dienone is 1. The zero-order valence-corrected chi connectivity index (χ0v) is 37.6. The zero-order valence-electron chi connectivity index (χ0n) is 37.6. The minimum atomic E-state index is -1.79. The van der Waals surface area contributed by atoms with E-state index in [9.17, 15) is 65.8 Å². The Morgan fingerprint density at radius 2 is 1.32 bits per heavy atom. The molecular formula is C45H72O20. The van der Waals surface area contributed by atoms with Gasteiger partial charge in [-0.05, 0) is 92.8 Å². The molecule has 0 aromatic heterocycles. The van der Waals surface area contributed by atoms with Gasteiger partial charge in [0.25, 0.3) is 0 Å². The van der Waals surface area contributed by atoms with Gasteiger partial charge in [0.1, 0.15) is 85.1 Å². The first-order valence-electron chi connectivity index (χ1n) is 23.3. The van der Waals surface area contributed by atoms with E-state index in [0.717, 1.165) is 25.7 Å². The number of carbonyl (C=O) groups is 2. The number of rotatable bonds is 15. The Labute approximate surface area is 378 Å². The molecule has 3 saturated heterocycles. The second-order valence-corrected chi connectivity index (χ2v) is 20.3. The molecule has 11 N–H and O–H groups in total. The van der Waals surface area contributed by atoms with Crippen LogP contribution in [0.4, 0.5) is 0 Å². The first-order valence-corrected chi connectivity index (χ1v) is 23.3. The van der Waals surface area contributed by atoms with Crippen LogP contribution >= 0.6 is 0 Å². The fraction of sp³-hybridized carbons (Fsp3) is 0.911. The molecule has 0 radical (unpaired) electrons. The highest BCUT2D eigenvalue weighted by Gasteiger charge is 2.63. The highest BCUT2D eigenvalue weighted by atomic mass is 16.8. The number of hydrogen-bond acceptors (Lipinski definition) is 20. The molecule has 20 heteroatoms. The van der Waals surface area contributed by atoms with Crippen LogP contribution in [0, 0.1) is 40.4 Å². The van der Waals surface area contributed by atoms with Crippen LogP contribution < -0.4 is 0 Å². The molecular weight excluding hydrogens is 860 g/mol. The molecule has 65 heavy (non-hydrogen) atoms. The zero-order chi connectivity index (χ0) is 47.3. The molecule has 0 amide bonds. The Morgan fingerprint density at radius 1 is 0.738 bits per heavy atom. The standard InChI is InChI=1S/C45H72O20/c1-19(18-59-41-38(57)35(54)32(51)27(15-46)62-41)5-8-30(50)61-26-14-25-23-7-6-21-13-22(9-11-44(21,3)24(23)10-12-45(25,4)31(26)20(2)49)60-43-40(37(56)34(53)29(17-48)64-43)65-42-39(58)36(55)33(52)28(16-47)63-42/h6,19,22-29,31-43,46-48,51-58H,5,7-18H2,1-4H3/t19-,22+,23?,24?,25+,26+,27-,28-,29-,31+,32-,33-,34-,35+,36+,37+,38-,39-,40-,41-,42+,43-,44+,45+/m1/s1. The highest BCUT2D eigenvalue weighted by Crippen LogP contribution is 2.67. The Hall–Kier alpha value is -1.80. The molecule has 20 nitrogen and oxygen atoms in total. The van der Waals surface area contributed by atoms with Crippen molar-refractivity contribution in [3.05, 3.63) is 11.6 Å². The van der Waals surface area contributed by atoms with Crippen LogP contribution in [-0.2, 0) is 42.7 Å². The van der Waals surface area contributed by atoms with Gasteiger partial charge in [-0.25, -0.2) is 0 Å². The van der Waals surface area contributed by atoms with Crippen LogP contribution in [0.1, 0.15) is 85.5 Å². The predicted molar refractivity (Wildman–Crippen MR) is 221 cm³/mol. The first kappa shape index (κ1) is 51.1. The van der Waals surface area contributed by atoms with Crippen molar-refractivity contribution >= 4 is 11.8 Å². The van der Waals surface area contributed by atoms with Crippen molar-refractivity contribution in [2.24, 2.45) is 40.4 Å². The predicted octanol–water partition coefficient (Wildman–Crippen LogP) is -2.08. The van der Waals surface area contributed by atoms with Gasteiger partial charge in [-0.1, -0.05) is 32.4 Å². The monoisotopic (exact) mass is 932 g/mol. The van der Waals surface area contributed by atoms with Gasteiger partial charge in [0.15, 0.2) is 18.9 Å². The second kappa shape index (κ2) is 20.7. The van der Waals surface area contributed by atoms with Gasteiger partial charge in [0.05, 0.1) is 38.4 Å². The number of esters is 1. The van der Waals surface area contributed by atoms with Crippen LogP contribution in [0.3, 0.4) is 0 Å². The molecule has 2 unspecified atom stereocenters. The van der Waals surface area contributed by atoms with Gasteiger partial charge in [0, 0.05) is 6.42 Å². The molecule has 3 saturated carbocycles. The van der Waals surface area contributed by atoms with Crippen molar-refractivity contribution in [2.75, 3.05) is 26.4 Å². The normalized spacial score (nSPS) is 49.2. The van der Waals surface area contributed by atoms with Gasteiger partial charge in [-0.2, -0.15) is 0 Å². The molecule has 0 bridgehead atoms. The number of aliphatic hydroxyl groups is 11. The van der Waals surface area contributed by atoms with E-state index in [1.165, 1.54) is 5.57 Å². The molecule has 372 valence electrons. The topological polar surface area (TPSA) is 321 Å². The van der Waals surface area contributed by atoms with E-state index in [1.807, 2.05) is 6.92 Å². The van der Waals surface area contributed by atoms with Gasteiger partial charge < -0.3 is 89.3 Å². The van der Waals surface area contributed by atoms with E-state index in [2.05, 4.69) is 19.9 Å². The molecule has 3 heterocycles. The van der Waals surface area contributed by atoms with Crippen LogP contribution in [0.15, 0.2) is 11.6 Å². The number of ether oxygens (including phenoxy) is 7. The molecule has 0 aromatic carbocycles. The number of ketones is 1. The maximum absolute atomic E-state index is 13.4. The summed E-state index contributed by atoms with van der Waals surface area (Å²) in [4.78, 5) is 26.8. The molecule has 4 aliphatic carbocycles. The molecule has 24 atom stereocenters. The Bertz CT molecular complexity index is 1660. The third-order valence-electron chi connectivity index (χ3n) is 16.3. The Morgan fingerprint density at radius 3 is 1.94 bits per heavy atom. The van der Waals surface area contributed by atoms with Gasteiger partial charge in [-0.3, -0.25) is 9.59 Å². The Balaban J connectivity index is 0.975.